The zero-order valence-electron chi connectivity index (χ0n) is 14.9. The Hall–Kier alpha value is -0.560. The van der Waals surface area contributed by atoms with Crippen LogP contribution in [0.3, 0.4) is 0 Å². The fraction of sp³-hybridized carbons (Fsp3) is 0.882. The fourth-order valence-electron chi connectivity index (χ4n) is 3.97. The van der Waals surface area contributed by atoms with Crippen molar-refractivity contribution in [3.05, 3.63) is 0 Å². The van der Waals surface area contributed by atoms with Crippen molar-refractivity contribution in [1.29, 1.82) is 0 Å². The molecule has 6 nitrogen and oxygen atoms in total. The van der Waals surface area contributed by atoms with Crippen molar-refractivity contribution in [3.63, 3.8) is 0 Å². The van der Waals surface area contributed by atoms with Gasteiger partial charge in [0, 0.05) is 38.8 Å². The third-order valence-electron chi connectivity index (χ3n) is 5.43. The molecule has 2 saturated heterocycles. The predicted octanol–water partition coefficient (Wildman–Crippen LogP) is 1.03. The molecule has 0 radical (unpaired) electrons. The van der Waals surface area contributed by atoms with Crippen LogP contribution in [0.5, 0.6) is 0 Å². The number of carbonyl (C=O) groups excluding carboxylic acids is 2. The van der Waals surface area contributed by atoms with Gasteiger partial charge < -0.3 is 15.5 Å². The molecular weight excluding hydrogens is 363 g/mol. The van der Waals surface area contributed by atoms with E-state index < -0.39 is 0 Å². The average molecular weight is 395 g/mol. The van der Waals surface area contributed by atoms with Crippen LogP contribution in [0.4, 0.5) is 0 Å². The van der Waals surface area contributed by atoms with Crippen LogP contribution in [0, 0.1) is 5.92 Å². The molecule has 0 aromatic carbocycles. The van der Waals surface area contributed by atoms with Crippen LogP contribution >= 0.6 is 24.8 Å². The standard InChI is InChI=1S/C17H30N4O2.2ClH/c22-16(19-15-4-2-1-3-5-15)13-20-8-10-21(11-9-20)17(23)14-6-7-18-12-14;;/h14-15,18H,1-13H2,(H,19,22);2*1H. The van der Waals surface area contributed by atoms with Gasteiger partial charge in [-0.05, 0) is 25.8 Å². The van der Waals surface area contributed by atoms with Gasteiger partial charge in [0.2, 0.25) is 11.8 Å². The van der Waals surface area contributed by atoms with Crippen LogP contribution in [-0.4, -0.2) is 73.5 Å². The molecule has 146 valence electrons. The van der Waals surface area contributed by atoms with Gasteiger partial charge >= 0.3 is 0 Å². The first-order valence-electron chi connectivity index (χ1n) is 9.23. The Morgan fingerprint density at radius 1 is 0.960 bits per heavy atom. The number of hydrogen-bond acceptors (Lipinski definition) is 4. The van der Waals surface area contributed by atoms with E-state index in [0.717, 1.165) is 58.5 Å². The number of halogens is 2. The topological polar surface area (TPSA) is 64.7 Å². The lowest BCUT2D eigenvalue weighted by molar-refractivity contribution is -0.136. The molecule has 0 bridgehead atoms. The molecule has 1 aliphatic carbocycles. The van der Waals surface area contributed by atoms with E-state index in [2.05, 4.69) is 15.5 Å². The zero-order valence-corrected chi connectivity index (χ0v) is 16.5. The van der Waals surface area contributed by atoms with Crippen LogP contribution in [0.25, 0.3) is 0 Å². The summed E-state index contributed by atoms with van der Waals surface area (Å²) in [4.78, 5) is 28.7. The molecule has 0 spiro atoms. The van der Waals surface area contributed by atoms with Gasteiger partial charge in [-0.25, -0.2) is 0 Å². The number of carbonyl (C=O) groups is 2. The van der Waals surface area contributed by atoms with Crippen LogP contribution in [-0.2, 0) is 9.59 Å². The lowest BCUT2D eigenvalue weighted by Gasteiger charge is -2.35. The van der Waals surface area contributed by atoms with Gasteiger partial charge in [0.15, 0.2) is 0 Å². The monoisotopic (exact) mass is 394 g/mol. The van der Waals surface area contributed by atoms with E-state index in [1.54, 1.807) is 0 Å². The Labute approximate surface area is 163 Å². The molecule has 3 aliphatic rings. The Morgan fingerprint density at radius 3 is 2.24 bits per heavy atom. The Kier molecular flexibility index (Phi) is 10.1. The highest BCUT2D eigenvalue weighted by atomic mass is 35.5. The van der Waals surface area contributed by atoms with Crippen molar-refractivity contribution in [2.45, 2.75) is 44.6 Å². The van der Waals surface area contributed by atoms with Gasteiger partial charge in [0.05, 0.1) is 12.5 Å². The number of piperazine rings is 1. The van der Waals surface area contributed by atoms with Gasteiger partial charge in [0.1, 0.15) is 0 Å². The quantitative estimate of drug-likeness (QED) is 0.747. The molecule has 3 fully saturated rings. The molecule has 2 amide bonds. The second kappa shape index (κ2) is 11.2. The molecule has 0 aromatic heterocycles. The smallest absolute Gasteiger partial charge is 0.234 e. The molecule has 2 aliphatic heterocycles. The van der Waals surface area contributed by atoms with E-state index in [9.17, 15) is 9.59 Å². The van der Waals surface area contributed by atoms with E-state index in [4.69, 9.17) is 0 Å². The summed E-state index contributed by atoms with van der Waals surface area (Å²) < 4.78 is 0. The van der Waals surface area contributed by atoms with Crippen molar-refractivity contribution >= 4 is 36.6 Å². The van der Waals surface area contributed by atoms with Gasteiger partial charge in [0.25, 0.3) is 0 Å². The highest BCUT2D eigenvalue weighted by Crippen LogP contribution is 2.17. The fourth-order valence-corrected chi connectivity index (χ4v) is 3.97. The first-order valence-corrected chi connectivity index (χ1v) is 9.23. The number of hydrogen-bond donors (Lipinski definition) is 2. The molecule has 2 N–H and O–H groups in total. The van der Waals surface area contributed by atoms with Crippen molar-refractivity contribution < 1.29 is 9.59 Å². The molecular formula is C17H32Cl2N4O2. The van der Waals surface area contributed by atoms with Gasteiger partial charge in [-0.2, -0.15) is 0 Å². The van der Waals surface area contributed by atoms with E-state index in [-0.39, 0.29) is 36.6 Å². The summed E-state index contributed by atoms with van der Waals surface area (Å²) in [5.41, 5.74) is 0. The van der Waals surface area contributed by atoms with Crippen molar-refractivity contribution in [3.8, 4) is 0 Å². The third kappa shape index (κ3) is 6.59. The minimum absolute atomic E-state index is 0. The Bertz CT molecular complexity index is 419. The summed E-state index contributed by atoms with van der Waals surface area (Å²) in [7, 11) is 0. The lowest BCUT2D eigenvalue weighted by Crippen LogP contribution is -2.53. The summed E-state index contributed by atoms with van der Waals surface area (Å²) in [6.07, 6.45) is 7.00. The number of amides is 2. The van der Waals surface area contributed by atoms with Crippen LogP contribution in [0.15, 0.2) is 0 Å². The van der Waals surface area contributed by atoms with Crippen LogP contribution in [0.1, 0.15) is 38.5 Å². The van der Waals surface area contributed by atoms with Crippen molar-refractivity contribution in [2.75, 3.05) is 45.8 Å². The second-order valence-corrected chi connectivity index (χ2v) is 7.19. The van der Waals surface area contributed by atoms with E-state index in [1.807, 2.05) is 4.90 Å². The summed E-state index contributed by atoms with van der Waals surface area (Å²) in [5, 5.41) is 6.43. The highest BCUT2D eigenvalue weighted by Gasteiger charge is 2.29. The molecule has 1 atom stereocenters. The first kappa shape index (κ1) is 22.5. The summed E-state index contributed by atoms with van der Waals surface area (Å²) >= 11 is 0. The minimum Gasteiger partial charge on any atom is -0.352 e. The average Bonchev–Trinajstić information content (AvgIpc) is 3.10. The lowest BCUT2D eigenvalue weighted by atomic mass is 9.95. The number of nitrogens with zero attached hydrogens (tertiary/aromatic N) is 2. The normalized spacial score (nSPS) is 25.0. The van der Waals surface area contributed by atoms with E-state index >= 15 is 0 Å². The summed E-state index contributed by atoms with van der Waals surface area (Å²) in [5.74, 6) is 0.606. The van der Waals surface area contributed by atoms with Crippen LogP contribution < -0.4 is 10.6 Å². The highest BCUT2D eigenvalue weighted by molar-refractivity contribution is 5.85. The number of rotatable bonds is 4. The SMILES string of the molecule is Cl.Cl.O=C(CN1CCN(C(=O)C2CCNC2)CC1)NC1CCCCC1. The third-order valence-corrected chi connectivity index (χ3v) is 5.43. The predicted molar refractivity (Wildman–Crippen MR) is 104 cm³/mol. The van der Waals surface area contributed by atoms with E-state index in [0.29, 0.717) is 18.5 Å². The zero-order chi connectivity index (χ0) is 16.1. The Morgan fingerprint density at radius 2 is 1.64 bits per heavy atom. The minimum atomic E-state index is 0. The maximum Gasteiger partial charge on any atom is 0.234 e. The maximum absolute atomic E-state index is 12.4. The summed E-state index contributed by atoms with van der Waals surface area (Å²) in [6.45, 7) is 5.39. The molecule has 1 unspecified atom stereocenters. The molecule has 1 saturated carbocycles. The Balaban J connectivity index is 0.00000156. The maximum atomic E-state index is 12.4. The van der Waals surface area contributed by atoms with Gasteiger partial charge in [-0.3, -0.25) is 14.5 Å². The largest absolute Gasteiger partial charge is 0.352 e. The van der Waals surface area contributed by atoms with E-state index in [1.165, 1.54) is 19.3 Å². The van der Waals surface area contributed by atoms with Crippen LogP contribution in [0.2, 0.25) is 0 Å². The van der Waals surface area contributed by atoms with Gasteiger partial charge in [-0.15, -0.1) is 24.8 Å². The molecule has 3 rings (SSSR count). The second-order valence-electron chi connectivity index (χ2n) is 7.19. The van der Waals surface area contributed by atoms with Crippen molar-refractivity contribution in [1.82, 2.24) is 20.4 Å². The molecule has 25 heavy (non-hydrogen) atoms. The molecule has 0 aromatic rings. The summed E-state index contributed by atoms with van der Waals surface area (Å²) in [6, 6.07) is 0.383. The molecule has 8 heteroatoms. The molecule has 2 heterocycles. The number of nitrogens with one attached hydrogen (secondary N) is 2. The van der Waals surface area contributed by atoms with Gasteiger partial charge in [-0.1, -0.05) is 19.3 Å². The van der Waals surface area contributed by atoms with Crippen molar-refractivity contribution in [2.24, 2.45) is 5.92 Å². The first-order chi connectivity index (χ1) is 11.2.